The molecule has 0 bridgehead atoms. The molecule has 0 aromatic carbocycles. The highest BCUT2D eigenvalue weighted by molar-refractivity contribution is 5.69. The molecule has 0 fully saturated rings. The Hall–Kier alpha value is -2.36. The van der Waals surface area contributed by atoms with Crippen LogP contribution in [0, 0.1) is 16.0 Å². The van der Waals surface area contributed by atoms with Crippen molar-refractivity contribution in [2.45, 2.75) is 207 Å². The summed E-state index contributed by atoms with van der Waals surface area (Å²) in [6.45, 7) is 13.1. The Morgan fingerprint density at radius 3 is 1.70 bits per heavy atom. The molecule has 0 aliphatic rings. The molecule has 0 radical (unpaired) electrons. The van der Waals surface area contributed by atoms with E-state index in [1.807, 2.05) is 0 Å². The molecule has 0 spiro atoms. The largest absolute Gasteiger partial charge is 0.465 e. The average molecular weight is 753 g/mol. The van der Waals surface area contributed by atoms with Gasteiger partial charge in [0.15, 0.2) is 5.82 Å². The molecule has 0 saturated carbocycles. The van der Waals surface area contributed by atoms with E-state index >= 15 is 0 Å². The lowest BCUT2D eigenvalue weighted by Gasteiger charge is -2.22. The van der Waals surface area contributed by atoms with Gasteiger partial charge in [-0.15, -0.1) is 0 Å². The molecule has 2 unspecified atom stereocenters. The van der Waals surface area contributed by atoms with Crippen molar-refractivity contribution in [2.24, 2.45) is 5.92 Å². The van der Waals surface area contributed by atoms with Crippen LogP contribution in [0.5, 0.6) is 0 Å². The van der Waals surface area contributed by atoms with Gasteiger partial charge in [-0.25, -0.2) is 0 Å². The van der Waals surface area contributed by atoms with Crippen LogP contribution in [0.15, 0.2) is 12.0 Å². The van der Waals surface area contributed by atoms with Crippen LogP contribution in [-0.4, -0.2) is 67.7 Å². The highest BCUT2D eigenvalue weighted by Gasteiger charge is 2.14. The zero-order valence-corrected chi connectivity index (χ0v) is 35.2. The molecular formula is C43H84N4O6. The van der Waals surface area contributed by atoms with Gasteiger partial charge in [0.25, 0.3) is 6.20 Å². The molecule has 0 heterocycles. The molecule has 10 heteroatoms. The van der Waals surface area contributed by atoms with Crippen LogP contribution in [0.1, 0.15) is 201 Å². The van der Waals surface area contributed by atoms with Gasteiger partial charge in [0, 0.05) is 26.4 Å². The highest BCUT2D eigenvalue weighted by atomic mass is 16.6. The first-order valence-corrected chi connectivity index (χ1v) is 22.1. The molecule has 0 aliphatic carbocycles. The summed E-state index contributed by atoms with van der Waals surface area (Å²) < 4.78 is 11.4. The monoisotopic (exact) mass is 753 g/mol. The van der Waals surface area contributed by atoms with E-state index in [1.165, 1.54) is 57.8 Å². The lowest BCUT2D eigenvalue weighted by atomic mass is 10.0. The van der Waals surface area contributed by atoms with Gasteiger partial charge in [-0.1, -0.05) is 124 Å². The predicted octanol–water partition coefficient (Wildman–Crippen LogP) is 10.9. The van der Waals surface area contributed by atoms with Crippen molar-refractivity contribution >= 4 is 11.9 Å². The standard InChI is InChI=1S/C43H84N4O6/c1-6-9-12-21-28-39(4)38-52-42(48)31-23-16-14-18-25-34-46(36-27-33-45-41(44-5)37-47(50)51)35-26-19-15-17-24-32-43(49)53-40(29-20-11-8-3)30-22-13-10-7-2/h37,39-40,44-45H,6-36,38H2,1-5H3/b41-37+. The first-order chi connectivity index (χ1) is 25.7. The molecule has 0 aromatic heterocycles. The van der Waals surface area contributed by atoms with Crippen molar-refractivity contribution in [1.29, 1.82) is 0 Å². The fourth-order valence-corrected chi connectivity index (χ4v) is 6.67. The quantitative estimate of drug-likeness (QED) is 0.0272. The summed E-state index contributed by atoms with van der Waals surface area (Å²) in [6, 6.07) is 0. The minimum atomic E-state index is -0.450. The minimum Gasteiger partial charge on any atom is -0.465 e. The number of hydrogen-bond donors (Lipinski definition) is 2. The van der Waals surface area contributed by atoms with Crippen molar-refractivity contribution in [3.8, 4) is 0 Å². The second-order valence-corrected chi connectivity index (χ2v) is 15.3. The van der Waals surface area contributed by atoms with E-state index in [1.54, 1.807) is 7.05 Å². The molecule has 2 atom stereocenters. The third-order valence-electron chi connectivity index (χ3n) is 10.1. The number of rotatable bonds is 40. The van der Waals surface area contributed by atoms with Gasteiger partial charge in [0.2, 0.25) is 0 Å². The van der Waals surface area contributed by atoms with Crippen LogP contribution in [0.25, 0.3) is 0 Å². The van der Waals surface area contributed by atoms with E-state index < -0.39 is 4.92 Å². The van der Waals surface area contributed by atoms with Gasteiger partial charge in [0.1, 0.15) is 6.10 Å². The first kappa shape index (κ1) is 50.6. The molecule has 0 rings (SSSR count). The van der Waals surface area contributed by atoms with E-state index in [2.05, 4.69) is 43.2 Å². The zero-order chi connectivity index (χ0) is 39.2. The molecular weight excluding hydrogens is 668 g/mol. The van der Waals surface area contributed by atoms with Crippen molar-refractivity contribution < 1.29 is 24.0 Å². The van der Waals surface area contributed by atoms with E-state index in [0.717, 1.165) is 129 Å². The fraction of sp³-hybridized carbons (Fsp3) is 0.907. The Bertz CT molecular complexity index is 902. The maximum atomic E-state index is 12.6. The molecule has 10 nitrogen and oxygen atoms in total. The van der Waals surface area contributed by atoms with Crippen molar-refractivity contribution in [1.82, 2.24) is 15.5 Å². The number of nitro groups is 1. The maximum absolute atomic E-state index is 12.6. The number of carbonyl (C=O) groups is 2. The average Bonchev–Trinajstić information content (AvgIpc) is 3.14. The van der Waals surface area contributed by atoms with Gasteiger partial charge >= 0.3 is 11.9 Å². The number of nitrogens with zero attached hydrogens (tertiary/aromatic N) is 2. The number of esters is 2. The zero-order valence-electron chi connectivity index (χ0n) is 35.2. The van der Waals surface area contributed by atoms with Crippen LogP contribution in [0.2, 0.25) is 0 Å². The van der Waals surface area contributed by atoms with Crippen molar-refractivity contribution in [2.75, 3.05) is 39.8 Å². The highest BCUT2D eigenvalue weighted by Crippen LogP contribution is 2.17. The number of hydrogen-bond acceptors (Lipinski definition) is 9. The van der Waals surface area contributed by atoms with E-state index in [4.69, 9.17) is 9.47 Å². The first-order valence-electron chi connectivity index (χ1n) is 22.1. The number of carbonyl (C=O) groups excluding carboxylic acids is 2. The number of nitrogens with one attached hydrogen (secondary N) is 2. The third-order valence-corrected chi connectivity index (χ3v) is 10.1. The third kappa shape index (κ3) is 35.1. The molecule has 53 heavy (non-hydrogen) atoms. The minimum absolute atomic E-state index is 0.0191. The Labute approximate surface area is 325 Å². The van der Waals surface area contributed by atoms with Crippen LogP contribution in [-0.2, 0) is 19.1 Å². The lowest BCUT2D eigenvalue weighted by Crippen LogP contribution is -2.31. The number of ether oxygens (including phenoxy) is 2. The number of unbranched alkanes of at least 4 members (excludes halogenated alkanes) is 16. The molecule has 312 valence electrons. The second kappa shape index (κ2) is 37.9. The van der Waals surface area contributed by atoms with Crippen LogP contribution < -0.4 is 10.6 Å². The molecule has 0 amide bonds. The van der Waals surface area contributed by atoms with Gasteiger partial charge in [0.05, 0.1) is 11.5 Å². The Morgan fingerprint density at radius 2 is 1.13 bits per heavy atom. The van der Waals surface area contributed by atoms with Gasteiger partial charge in [-0.2, -0.15) is 0 Å². The fourth-order valence-electron chi connectivity index (χ4n) is 6.67. The smallest absolute Gasteiger partial charge is 0.306 e. The Kier molecular flexibility index (Phi) is 36.2. The summed E-state index contributed by atoms with van der Waals surface area (Å²) >= 11 is 0. The van der Waals surface area contributed by atoms with E-state index in [9.17, 15) is 19.7 Å². The second-order valence-electron chi connectivity index (χ2n) is 15.3. The van der Waals surface area contributed by atoms with Crippen LogP contribution in [0.3, 0.4) is 0 Å². The summed E-state index contributed by atoms with van der Waals surface area (Å²) in [4.78, 5) is 37.7. The summed E-state index contributed by atoms with van der Waals surface area (Å²) in [6.07, 6.45) is 30.2. The SMILES string of the molecule is CCCCCCC(C)COC(=O)CCCCCCCN(CCCCCCCC(=O)OC(CCCCC)CCCCCC)CCCN/C(=C/[N+](=O)[O-])NC. The molecule has 2 N–H and O–H groups in total. The van der Waals surface area contributed by atoms with Gasteiger partial charge < -0.3 is 25.0 Å². The van der Waals surface area contributed by atoms with Crippen molar-refractivity contribution in [3.05, 3.63) is 22.1 Å². The van der Waals surface area contributed by atoms with E-state index in [0.29, 0.717) is 37.7 Å². The normalized spacial score (nSPS) is 12.8. The lowest BCUT2D eigenvalue weighted by molar-refractivity contribution is -0.404. The Morgan fingerprint density at radius 1 is 0.660 bits per heavy atom. The summed E-state index contributed by atoms with van der Waals surface area (Å²) in [5.41, 5.74) is 0. The van der Waals surface area contributed by atoms with Crippen LogP contribution in [0.4, 0.5) is 0 Å². The van der Waals surface area contributed by atoms with Crippen LogP contribution >= 0.6 is 0 Å². The maximum Gasteiger partial charge on any atom is 0.306 e. The van der Waals surface area contributed by atoms with Gasteiger partial charge in [-0.05, 0) is 89.8 Å². The predicted molar refractivity (Wildman–Crippen MR) is 220 cm³/mol. The summed E-state index contributed by atoms with van der Waals surface area (Å²) in [7, 11) is 1.68. The van der Waals surface area contributed by atoms with E-state index in [-0.39, 0.29) is 18.0 Å². The summed E-state index contributed by atoms with van der Waals surface area (Å²) in [5.74, 6) is 0.787. The molecule has 0 saturated heterocycles. The molecule has 0 aliphatic heterocycles. The van der Waals surface area contributed by atoms with Gasteiger partial charge in [-0.3, -0.25) is 19.7 Å². The molecule has 0 aromatic rings. The topological polar surface area (TPSA) is 123 Å². The Balaban J connectivity index is 4.44. The summed E-state index contributed by atoms with van der Waals surface area (Å²) in [5, 5.41) is 16.8. The van der Waals surface area contributed by atoms with Crippen molar-refractivity contribution in [3.63, 3.8) is 0 Å².